The minimum atomic E-state index is -0.526. The second kappa shape index (κ2) is 7.10. The van der Waals surface area contributed by atoms with Crippen LogP contribution in [0.4, 0.5) is 0 Å². The van der Waals surface area contributed by atoms with E-state index < -0.39 is 11.8 Å². The van der Waals surface area contributed by atoms with Gasteiger partial charge in [-0.2, -0.15) is 0 Å². The Morgan fingerprint density at radius 2 is 2.09 bits per heavy atom. The zero-order chi connectivity index (χ0) is 17.1. The van der Waals surface area contributed by atoms with E-state index in [9.17, 15) is 9.59 Å². The van der Waals surface area contributed by atoms with Crippen molar-refractivity contribution in [1.29, 1.82) is 0 Å². The number of methoxy groups -OCH3 is 1. The van der Waals surface area contributed by atoms with Crippen LogP contribution in [0.5, 0.6) is 11.5 Å². The van der Waals surface area contributed by atoms with Crippen LogP contribution in [0, 0.1) is 0 Å². The lowest BCUT2D eigenvalue weighted by molar-refractivity contribution is -0.128. The van der Waals surface area contributed by atoms with Gasteiger partial charge in [-0.1, -0.05) is 0 Å². The molecule has 0 aromatic heterocycles. The van der Waals surface area contributed by atoms with E-state index in [2.05, 4.69) is 21.2 Å². The molecule has 23 heavy (non-hydrogen) atoms. The van der Waals surface area contributed by atoms with Crippen LogP contribution < -0.4 is 14.8 Å². The molecule has 1 saturated heterocycles. The van der Waals surface area contributed by atoms with Crippen LogP contribution in [0.2, 0.25) is 0 Å². The minimum Gasteiger partial charge on any atom is -0.493 e. The number of nitrogens with one attached hydrogen (secondary N) is 1. The number of amides is 2. The Morgan fingerprint density at radius 1 is 1.39 bits per heavy atom. The zero-order valence-corrected chi connectivity index (χ0v) is 15.2. The number of hydrogen-bond donors (Lipinski definition) is 1. The van der Waals surface area contributed by atoms with E-state index in [0.29, 0.717) is 28.1 Å². The summed E-state index contributed by atoms with van der Waals surface area (Å²) >= 11 is 8.31. The number of thiocarbonyl (C=S) groups is 1. The van der Waals surface area contributed by atoms with Gasteiger partial charge in [-0.3, -0.25) is 19.8 Å². The highest BCUT2D eigenvalue weighted by atomic mass is 79.9. The van der Waals surface area contributed by atoms with Crippen LogP contribution in [0.3, 0.4) is 0 Å². The normalized spacial score (nSPS) is 16.6. The average Bonchev–Trinajstić information content (AvgIpc) is 2.51. The van der Waals surface area contributed by atoms with Gasteiger partial charge in [0.15, 0.2) is 16.6 Å². The summed E-state index contributed by atoms with van der Waals surface area (Å²) in [4.78, 5) is 25.4. The molecule has 1 fully saturated rings. The lowest BCUT2D eigenvalue weighted by Crippen LogP contribution is -2.52. The first-order chi connectivity index (χ1) is 10.9. The maximum atomic E-state index is 12.2. The molecule has 2 rings (SSSR count). The third-order valence-corrected chi connectivity index (χ3v) is 4.12. The lowest BCUT2D eigenvalue weighted by atomic mass is 10.1. The Balaban J connectivity index is 2.46. The SMILES string of the molecule is CCOc1c(Br)cc(/C=C2\C(=O)NC(=S)N(C)C2=O)cc1OC. The maximum absolute atomic E-state index is 12.2. The van der Waals surface area contributed by atoms with Crippen molar-refractivity contribution in [2.24, 2.45) is 0 Å². The van der Waals surface area contributed by atoms with Gasteiger partial charge in [0.25, 0.3) is 11.8 Å². The van der Waals surface area contributed by atoms with E-state index in [-0.39, 0.29) is 10.7 Å². The number of halogens is 1. The van der Waals surface area contributed by atoms with Crippen molar-refractivity contribution < 1.29 is 19.1 Å². The predicted molar refractivity (Wildman–Crippen MR) is 93.4 cm³/mol. The molecule has 6 nitrogen and oxygen atoms in total. The fourth-order valence-electron chi connectivity index (χ4n) is 2.02. The Hall–Kier alpha value is -1.93. The fraction of sp³-hybridized carbons (Fsp3) is 0.267. The van der Waals surface area contributed by atoms with Crippen molar-refractivity contribution in [2.45, 2.75) is 6.92 Å². The summed E-state index contributed by atoms with van der Waals surface area (Å²) in [6, 6.07) is 3.43. The topological polar surface area (TPSA) is 67.9 Å². The molecular formula is C15H15BrN2O4S. The summed E-state index contributed by atoms with van der Waals surface area (Å²) in [5.74, 6) is 0.0836. The molecule has 0 radical (unpaired) electrons. The Morgan fingerprint density at radius 3 is 2.70 bits per heavy atom. The Labute approximate surface area is 147 Å². The largest absolute Gasteiger partial charge is 0.493 e. The van der Waals surface area contributed by atoms with Crippen LogP contribution in [0.1, 0.15) is 12.5 Å². The molecule has 1 aliphatic rings. The third kappa shape index (κ3) is 3.53. The molecule has 0 saturated carbocycles. The van der Waals surface area contributed by atoms with Gasteiger partial charge >= 0.3 is 0 Å². The number of rotatable bonds is 4. The van der Waals surface area contributed by atoms with Crippen LogP contribution in [-0.4, -0.2) is 42.6 Å². The maximum Gasteiger partial charge on any atom is 0.265 e. The molecule has 0 spiro atoms. The summed E-state index contributed by atoms with van der Waals surface area (Å²) in [6.07, 6.45) is 1.49. The smallest absolute Gasteiger partial charge is 0.265 e. The summed E-state index contributed by atoms with van der Waals surface area (Å²) in [5.41, 5.74) is 0.621. The van der Waals surface area contributed by atoms with Crippen LogP contribution >= 0.6 is 28.1 Å². The van der Waals surface area contributed by atoms with Crippen LogP contribution in [-0.2, 0) is 9.59 Å². The van der Waals surface area contributed by atoms with Crippen molar-refractivity contribution in [3.05, 3.63) is 27.7 Å². The van der Waals surface area contributed by atoms with Gasteiger partial charge in [-0.05, 0) is 58.8 Å². The minimum absolute atomic E-state index is 0.000729. The van der Waals surface area contributed by atoms with Gasteiger partial charge in [-0.25, -0.2) is 0 Å². The van der Waals surface area contributed by atoms with Gasteiger partial charge in [-0.15, -0.1) is 0 Å². The summed E-state index contributed by atoms with van der Waals surface area (Å²) < 4.78 is 11.5. The fourth-order valence-corrected chi connectivity index (χ4v) is 2.77. The number of ether oxygens (including phenoxy) is 2. The highest BCUT2D eigenvalue weighted by molar-refractivity contribution is 9.10. The number of nitrogens with zero attached hydrogens (tertiary/aromatic N) is 1. The Bertz CT molecular complexity index is 718. The number of likely N-dealkylation sites (N-methyl/N-ethyl adjacent to an activating group) is 1. The van der Waals surface area contributed by atoms with Crippen molar-refractivity contribution in [3.8, 4) is 11.5 Å². The molecule has 0 unspecified atom stereocenters. The number of carbonyl (C=O) groups is 2. The molecule has 1 aromatic carbocycles. The quantitative estimate of drug-likeness (QED) is 0.477. The zero-order valence-electron chi connectivity index (χ0n) is 12.8. The van der Waals surface area contributed by atoms with Gasteiger partial charge in [0, 0.05) is 7.05 Å². The van der Waals surface area contributed by atoms with E-state index in [1.807, 2.05) is 6.92 Å². The van der Waals surface area contributed by atoms with Crippen LogP contribution in [0.25, 0.3) is 6.08 Å². The second-order valence-electron chi connectivity index (χ2n) is 4.65. The monoisotopic (exact) mass is 398 g/mol. The van der Waals surface area contributed by atoms with Crippen molar-refractivity contribution in [1.82, 2.24) is 10.2 Å². The van der Waals surface area contributed by atoms with Gasteiger partial charge in [0.1, 0.15) is 5.57 Å². The van der Waals surface area contributed by atoms with E-state index >= 15 is 0 Å². The molecule has 1 aromatic rings. The Kier molecular flexibility index (Phi) is 5.38. The highest BCUT2D eigenvalue weighted by Crippen LogP contribution is 2.37. The molecular weight excluding hydrogens is 384 g/mol. The molecule has 0 bridgehead atoms. The molecule has 1 N–H and O–H groups in total. The third-order valence-electron chi connectivity index (χ3n) is 3.16. The molecule has 0 atom stereocenters. The first-order valence-electron chi connectivity index (χ1n) is 6.74. The molecule has 1 aliphatic heterocycles. The van der Waals surface area contributed by atoms with Crippen molar-refractivity contribution in [2.75, 3.05) is 20.8 Å². The number of benzene rings is 1. The number of carbonyl (C=O) groups excluding carboxylic acids is 2. The van der Waals surface area contributed by atoms with Crippen molar-refractivity contribution >= 4 is 51.2 Å². The molecule has 0 aliphatic carbocycles. The lowest BCUT2D eigenvalue weighted by Gasteiger charge is -2.25. The number of hydrogen-bond acceptors (Lipinski definition) is 5. The summed E-state index contributed by atoms with van der Waals surface area (Å²) in [6.45, 7) is 2.35. The van der Waals surface area contributed by atoms with E-state index in [0.717, 1.165) is 0 Å². The van der Waals surface area contributed by atoms with Gasteiger partial charge in [0.2, 0.25) is 0 Å². The second-order valence-corrected chi connectivity index (χ2v) is 5.89. The summed E-state index contributed by atoms with van der Waals surface area (Å²) in [7, 11) is 3.03. The van der Waals surface area contributed by atoms with E-state index in [1.54, 1.807) is 12.1 Å². The molecule has 1 heterocycles. The highest BCUT2D eigenvalue weighted by Gasteiger charge is 2.30. The average molecular weight is 399 g/mol. The first-order valence-corrected chi connectivity index (χ1v) is 7.94. The molecule has 122 valence electrons. The predicted octanol–water partition coefficient (Wildman–Crippen LogP) is 2.11. The van der Waals surface area contributed by atoms with Crippen molar-refractivity contribution in [3.63, 3.8) is 0 Å². The van der Waals surface area contributed by atoms with Gasteiger partial charge in [0.05, 0.1) is 18.2 Å². The van der Waals surface area contributed by atoms with E-state index in [1.165, 1.54) is 25.1 Å². The molecule has 8 heteroatoms. The van der Waals surface area contributed by atoms with Gasteiger partial charge < -0.3 is 9.47 Å². The van der Waals surface area contributed by atoms with Crippen LogP contribution in [0.15, 0.2) is 22.2 Å². The first kappa shape index (κ1) is 17.4. The summed E-state index contributed by atoms with van der Waals surface area (Å²) in [5, 5.41) is 2.55. The molecule has 2 amide bonds. The van der Waals surface area contributed by atoms with E-state index in [4.69, 9.17) is 21.7 Å². The standard InChI is InChI=1S/C15H15BrN2O4S/c1-4-22-12-10(16)6-8(7-11(12)21-3)5-9-13(19)17-15(23)18(2)14(9)20/h5-7H,4H2,1-3H3,(H,17,19,23)/b9-5+.